The van der Waals surface area contributed by atoms with Crippen LogP contribution < -0.4 is 11.3 Å². The van der Waals surface area contributed by atoms with Gasteiger partial charge in [-0.2, -0.15) is 0 Å². The lowest BCUT2D eigenvalue weighted by molar-refractivity contribution is 0.458. The van der Waals surface area contributed by atoms with Crippen LogP contribution in [0.2, 0.25) is 0 Å². The van der Waals surface area contributed by atoms with Gasteiger partial charge in [0.25, 0.3) is 0 Å². The lowest BCUT2D eigenvalue weighted by atomic mass is 10.1. The number of nitrogens with one attached hydrogen (secondary N) is 1. The summed E-state index contributed by atoms with van der Waals surface area (Å²) in [6.07, 6.45) is 9.33. The Bertz CT molecular complexity index is 478. The maximum absolute atomic E-state index is 5.69. The summed E-state index contributed by atoms with van der Waals surface area (Å²) in [5.74, 6) is 6.82. The molecule has 0 amide bonds. The molecule has 2 rings (SSSR count). The molecule has 1 atom stereocenters. The van der Waals surface area contributed by atoms with Crippen LogP contribution in [0, 0.1) is 0 Å². The average molecular weight is 292 g/mol. The van der Waals surface area contributed by atoms with Gasteiger partial charge in [-0.05, 0) is 37.1 Å². The van der Waals surface area contributed by atoms with Gasteiger partial charge in [0.05, 0.1) is 0 Å². The summed E-state index contributed by atoms with van der Waals surface area (Å²) < 4.78 is 2.23. The number of hydrogen-bond donors (Lipinski definition) is 2. The molecule has 0 aliphatic carbocycles. The van der Waals surface area contributed by atoms with Crippen LogP contribution in [0.4, 0.5) is 0 Å². The van der Waals surface area contributed by atoms with Crippen LogP contribution in [0.5, 0.6) is 0 Å². The molecule has 0 radical (unpaired) electrons. The summed E-state index contributed by atoms with van der Waals surface area (Å²) >= 11 is 1.83. The van der Waals surface area contributed by atoms with Crippen molar-refractivity contribution in [2.75, 3.05) is 0 Å². The third kappa shape index (κ3) is 4.44. The van der Waals surface area contributed by atoms with Gasteiger partial charge >= 0.3 is 0 Å². The summed E-state index contributed by atoms with van der Waals surface area (Å²) in [6, 6.07) is 4.61. The maximum atomic E-state index is 5.69. The van der Waals surface area contributed by atoms with E-state index in [1.165, 1.54) is 4.88 Å². The number of thiophene rings is 1. The number of nitrogens with two attached hydrogens (primary N) is 1. The second-order valence-electron chi connectivity index (χ2n) is 5.08. The van der Waals surface area contributed by atoms with Crippen molar-refractivity contribution in [3.63, 3.8) is 0 Å². The van der Waals surface area contributed by atoms with Gasteiger partial charge in [0.15, 0.2) is 0 Å². The minimum atomic E-state index is 0.299. The molecule has 2 heterocycles. The first-order chi connectivity index (χ1) is 9.83. The Labute approximate surface area is 125 Å². The van der Waals surface area contributed by atoms with Crippen molar-refractivity contribution in [3.8, 4) is 0 Å². The molecule has 0 aliphatic rings. The zero-order chi connectivity index (χ0) is 14.2. The molecule has 0 spiro atoms. The van der Waals surface area contributed by atoms with Crippen molar-refractivity contribution >= 4 is 11.3 Å². The van der Waals surface area contributed by atoms with Crippen molar-refractivity contribution < 1.29 is 0 Å². The highest BCUT2D eigenvalue weighted by Gasteiger charge is 2.11. The summed E-state index contributed by atoms with van der Waals surface area (Å²) in [5.41, 5.74) is 2.94. The molecule has 1 unspecified atom stereocenters. The van der Waals surface area contributed by atoms with Crippen LogP contribution in [-0.2, 0) is 19.4 Å². The Balaban J connectivity index is 1.80. The summed E-state index contributed by atoms with van der Waals surface area (Å²) in [4.78, 5) is 5.90. The summed E-state index contributed by atoms with van der Waals surface area (Å²) in [5, 5.41) is 2.13. The highest BCUT2D eigenvalue weighted by atomic mass is 32.1. The van der Waals surface area contributed by atoms with E-state index in [1.807, 2.05) is 17.5 Å². The molecule has 4 nitrogen and oxygen atoms in total. The molecule has 0 aromatic carbocycles. The lowest BCUT2D eigenvalue weighted by Gasteiger charge is -2.16. The smallest absolute Gasteiger partial charge is 0.110 e. The minimum Gasteiger partial charge on any atom is -0.335 e. The Morgan fingerprint density at radius 1 is 1.50 bits per heavy atom. The van der Waals surface area contributed by atoms with E-state index < -0.39 is 0 Å². The van der Waals surface area contributed by atoms with E-state index in [-0.39, 0.29) is 0 Å². The van der Waals surface area contributed by atoms with Gasteiger partial charge in [-0.25, -0.2) is 4.98 Å². The Morgan fingerprint density at radius 3 is 3.10 bits per heavy atom. The molecule has 0 saturated carbocycles. The van der Waals surface area contributed by atoms with Crippen molar-refractivity contribution in [3.05, 3.63) is 40.6 Å². The zero-order valence-corrected chi connectivity index (χ0v) is 12.9. The van der Waals surface area contributed by atoms with Gasteiger partial charge in [0.2, 0.25) is 0 Å². The molecule has 0 saturated heterocycles. The first kappa shape index (κ1) is 15.2. The fourth-order valence-corrected chi connectivity index (χ4v) is 3.17. The van der Waals surface area contributed by atoms with Crippen LogP contribution >= 0.6 is 11.3 Å². The number of aromatic nitrogens is 2. The Hall–Kier alpha value is -1.17. The Morgan fingerprint density at radius 2 is 2.40 bits per heavy atom. The molecule has 2 aromatic rings. The van der Waals surface area contributed by atoms with Gasteiger partial charge in [-0.15, -0.1) is 11.3 Å². The summed E-state index contributed by atoms with van der Waals surface area (Å²) in [7, 11) is 0. The molecule has 5 heteroatoms. The van der Waals surface area contributed by atoms with E-state index in [4.69, 9.17) is 5.84 Å². The predicted octanol–water partition coefficient (Wildman–Crippen LogP) is 2.75. The minimum absolute atomic E-state index is 0.299. The van der Waals surface area contributed by atoms with Crippen LogP contribution in [0.1, 0.15) is 36.9 Å². The topological polar surface area (TPSA) is 55.9 Å². The number of imidazole rings is 1. The molecule has 20 heavy (non-hydrogen) atoms. The summed E-state index contributed by atoms with van der Waals surface area (Å²) in [6.45, 7) is 3.21. The molecular formula is C15H24N4S. The van der Waals surface area contributed by atoms with Gasteiger partial charge < -0.3 is 4.57 Å². The lowest BCUT2D eigenvalue weighted by Crippen LogP contribution is -2.37. The van der Waals surface area contributed by atoms with E-state index in [0.29, 0.717) is 6.04 Å². The first-order valence-corrected chi connectivity index (χ1v) is 8.20. The zero-order valence-electron chi connectivity index (χ0n) is 12.1. The number of hydrazine groups is 1. The van der Waals surface area contributed by atoms with Crippen LogP contribution in [0.25, 0.3) is 0 Å². The maximum Gasteiger partial charge on any atom is 0.110 e. The molecule has 0 bridgehead atoms. The van der Waals surface area contributed by atoms with Crippen LogP contribution in [0.3, 0.4) is 0 Å². The SMILES string of the molecule is CCCn1ccnc1CC(CCCc1cccs1)NN. The average Bonchev–Trinajstić information content (AvgIpc) is 3.10. The Kier molecular flexibility index (Phi) is 6.24. The molecule has 0 aliphatic heterocycles. The molecule has 0 fully saturated rings. The van der Waals surface area contributed by atoms with E-state index in [0.717, 1.165) is 44.5 Å². The second-order valence-corrected chi connectivity index (χ2v) is 6.11. The van der Waals surface area contributed by atoms with E-state index in [2.05, 4.69) is 45.6 Å². The molecule has 2 aromatic heterocycles. The number of hydrogen-bond acceptors (Lipinski definition) is 4. The quantitative estimate of drug-likeness (QED) is 0.552. The van der Waals surface area contributed by atoms with Crippen molar-refractivity contribution in [1.29, 1.82) is 0 Å². The highest BCUT2D eigenvalue weighted by molar-refractivity contribution is 7.09. The van der Waals surface area contributed by atoms with Crippen LogP contribution in [-0.4, -0.2) is 15.6 Å². The molecular weight excluding hydrogens is 268 g/mol. The van der Waals surface area contributed by atoms with E-state index in [1.54, 1.807) is 0 Å². The second kappa shape index (κ2) is 8.19. The predicted molar refractivity (Wildman–Crippen MR) is 84.6 cm³/mol. The fourth-order valence-electron chi connectivity index (χ4n) is 2.42. The van der Waals surface area contributed by atoms with E-state index in [9.17, 15) is 0 Å². The number of rotatable bonds is 9. The molecule has 3 N–H and O–H groups in total. The third-order valence-electron chi connectivity index (χ3n) is 3.49. The number of aryl methyl sites for hydroxylation is 2. The fraction of sp³-hybridized carbons (Fsp3) is 0.533. The van der Waals surface area contributed by atoms with Gasteiger partial charge in [0, 0.05) is 36.3 Å². The van der Waals surface area contributed by atoms with Gasteiger partial charge in [-0.1, -0.05) is 13.0 Å². The van der Waals surface area contributed by atoms with Crippen molar-refractivity contribution in [1.82, 2.24) is 15.0 Å². The monoisotopic (exact) mass is 292 g/mol. The van der Waals surface area contributed by atoms with Crippen molar-refractivity contribution in [2.45, 2.75) is 51.6 Å². The third-order valence-corrected chi connectivity index (χ3v) is 4.42. The normalized spacial score (nSPS) is 12.7. The van der Waals surface area contributed by atoms with Gasteiger partial charge in [0.1, 0.15) is 5.82 Å². The largest absolute Gasteiger partial charge is 0.335 e. The van der Waals surface area contributed by atoms with Crippen molar-refractivity contribution in [2.24, 2.45) is 5.84 Å². The number of nitrogens with zero attached hydrogens (tertiary/aromatic N) is 2. The standard InChI is InChI=1S/C15H24N4S/c1-2-9-19-10-8-17-15(19)12-13(18-16)5-3-6-14-7-4-11-20-14/h4,7-8,10-11,13,18H,2-3,5-6,9,12,16H2,1H3. The highest BCUT2D eigenvalue weighted by Crippen LogP contribution is 2.14. The molecule has 110 valence electrons. The first-order valence-electron chi connectivity index (χ1n) is 7.32. The van der Waals surface area contributed by atoms with Crippen LogP contribution in [0.15, 0.2) is 29.9 Å². The van der Waals surface area contributed by atoms with Gasteiger partial charge in [-0.3, -0.25) is 11.3 Å². The van der Waals surface area contributed by atoms with E-state index >= 15 is 0 Å².